The van der Waals surface area contributed by atoms with Gasteiger partial charge in [0, 0.05) is 44.6 Å². The van der Waals surface area contributed by atoms with Crippen LogP contribution in [0.2, 0.25) is 0 Å². The van der Waals surface area contributed by atoms with Crippen molar-refractivity contribution >= 4 is 23.4 Å². The van der Waals surface area contributed by atoms with Crippen LogP contribution >= 0.6 is 0 Å². The molecule has 1 aromatic heterocycles. The minimum absolute atomic E-state index is 0.0249. The molecule has 2 aromatic rings. The second-order valence-electron chi connectivity index (χ2n) is 8.02. The quantitative estimate of drug-likeness (QED) is 0.798. The Morgan fingerprint density at radius 2 is 1.83 bits per heavy atom. The molecule has 4 rings (SSSR count). The van der Waals surface area contributed by atoms with Crippen LogP contribution in [0.4, 0.5) is 16.3 Å². The van der Waals surface area contributed by atoms with Crippen molar-refractivity contribution in [3.05, 3.63) is 54.2 Å². The molecule has 158 valence electrons. The number of anilines is 2. The van der Waals surface area contributed by atoms with E-state index in [-0.39, 0.29) is 17.9 Å². The van der Waals surface area contributed by atoms with Crippen molar-refractivity contribution in [1.29, 1.82) is 0 Å². The van der Waals surface area contributed by atoms with E-state index in [9.17, 15) is 9.59 Å². The van der Waals surface area contributed by atoms with Crippen LogP contribution in [-0.2, 0) is 11.3 Å². The molecule has 3 heterocycles. The number of likely N-dealkylation sites (tertiary alicyclic amines) is 1. The molecule has 1 aromatic carbocycles. The van der Waals surface area contributed by atoms with Gasteiger partial charge in [-0.05, 0) is 55.5 Å². The van der Waals surface area contributed by atoms with Crippen molar-refractivity contribution in [2.45, 2.75) is 32.2 Å². The van der Waals surface area contributed by atoms with Gasteiger partial charge in [0.2, 0.25) is 5.91 Å². The summed E-state index contributed by atoms with van der Waals surface area (Å²) in [5, 5.41) is 5.96. The van der Waals surface area contributed by atoms with Gasteiger partial charge in [0.15, 0.2) is 0 Å². The summed E-state index contributed by atoms with van der Waals surface area (Å²) in [7, 11) is 0. The second-order valence-corrected chi connectivity index (χ2v) is 8.02. The summed E-state index contributed by atoms with van der Waals surface area (Å²) in [5.41, 5.74) is 1.83. The number of amides is 3. The van der Waals surface area contributed by atoms with E-state index in [1.807, 2.05) is 36.4 Å². The number of carbonyl (C=O) groups excluding carboxylic acids is 2. The number of rotatable bonds is 5. The molecule has 0 radical (unpaired) electrons. The third-order valence-corrected chi connectivity index (χ3v) is 5.80. The number of piperidine rings is 1. The van der Waals surface area contributed by atoms with E-state index >= 15 is 0 Å². The minimum atomic E-state index is -0.188. The summed E-state index contributed by atoms with van der Waals surface area (Å²) in [6.07, 6.45) is 5.84. The average Bonchev–Trinajstić information content (AvgIpc) is 3.33. The summed E-state index contributed by atoms with van der Waals surface area (Å²) < 4.78 is 0. The van der Waals surface area contributed by atoms with Gasteiger partial charge in [0.1, 0.15) is 5.82 Å². The first-order chi connectivity index (χ1) is 14.7. The Hall–Kier alpha value is -3.09. The lowest BCUT2D eigenvalue weighted by Crippen LogP contribution is -2.47. The highest BCUT2D eigenvalue weighted by Crippen LogP contribution is 2.20. The molecule has 2 N–H and O–H groups in total. The monoisotopic (exact) mass is 407 g/mol. The van der Waals surface area contributed by atoms with E-state index in [0.29, 0.717) is 19.6 Å². The molecule has 0 saturated carbocycles. The molecule has 30 heavy (non-hydrogen) atoms. The van der Waals surface area contributed by atoms with E-state index in [0.717, 1.165) is 43.0 Å². The maximum Gasteiger partial charge on any atom is 0.317 e. The third kappa shape index (κ3) is 5.09. The SMILES string of the molecule is O=C(Nc1ccccc1)[C@H]1CCCN(C(=O)NCc2ccnc(N3CCCC3)c2)C1. The number of para-hydroxylation sites is 1. The maximum atomic E-state index is 12.7. The van der Waals surface area contributed by atoms with Crippen LogP contribution in [-0.4, -0.2) is 48.0 Å². The van der Waals surface area contributed by atoms with Crippen LogP contribution in [0.25, 0.3) is 0 Å². The zero-order valence-electron chi connectivity index (χ0n) is 17.2. The number of aromatic nitrogens is 1. The zero-order chi connectivity index (χ0) is 20.8. The fourth-order valence-corrected chi connectivity index (χ4v) is 4.12. The second kappa shape index (κ2) is 9.61. The topological polar surface area (TPSA) is 77.6 Å². The highest BCUT2D eigenvalue weighted by atomic mass is 16.2. The smallest absolute Gasteiger partial charge is 0.317 e. The van der Waals surface area contributed by atoms with Crippen molar-refractivity contribution in [2.75, 3.05) is 36.4 Å². The predicted molar refractivity (Wildman–Crippen MR) is 117 cm³/mol. The Morgan fingerprint density at radius 1 is 1.03 bits per heavy atom. The van der Waals surface area contributed by atoms with Gasteiger partial charge >= 0.3 is 6.03 Å². The number of pyridine rings is 1. The minimum Gasteiger partial charge on any atom is -0.357 e. The van der Waals surface area contributed by atoms with Gasteiger partial charge in [0.25, 0.3) is 0 Å². The van der Waals surface area contributed by atoms with Gasteiger partial charge in [-0.3, -0.25) is 4.79 Å². The molecule has 1 atom stereocenters. The molecule has 2 aliphatic rings. The van der Waals surface area contributed by atoms with E-state index in [2.05, 4.69) is 26.6 Å². The number of urea groups is 1. The van der Waals surface area contributed by atoms with Crippen LogP contribution in [0.1, 0.15) is 31.2 Å². The number of nitrogens with one attached hydrogen (secondary N) is 2. The van der Waals surface area contributed by atoms with Crippen molar-refractivity contribution in [2.24, 2.45) is 5.92 Å². The largest absolute Gasteiger partial charge is 0.357 e. The lowest BCUT2D eigenvalue weighted by molar-refractivity contribution is -0.121. The molecule has 2 saturated heterocycles. The number of hydrogen-bond acceptors (Lipinski definition) is 4. The lowest BCUT2D eigenvalue weighted by atomic mass is 9.97. The first-order valence-corrected chi connectivity index (χ1v) is 10.8. The predicted octanol–water partition coefficient (Wildman–Crippen LogP) is 3.24. The lowest BCUT2D eigenvalue weighted by Gasteiger charge is -2.32. The highest BCUT2D eigenvalue weighted by Gasteiger charge is 2.28. The highest BCUT2D eigenvalue weighted by molar-refractivity contribution is 5.93. The van der Waals surface area contributed by atoms with Crippen LogP contribution in [0.3, 0.4) is 0 Å². The molecular formula is C23H29N5O2. The molecule has 2 fully saturated rings. The molecule has 7 heteroatoms. The summed E-state index contributed by atoms with van der Waals surface area (Å²) >= 11 is 0. The van der Waals surface area contributed by atoms with Crippen molar-refractivity contribution in [1.82, 2.24) is 15.2 Å². The van der Waals surface area contributed by atoms with Crippen LogP contribution in [0.15, 0.2) is 48.7 Å². The number of hydrogen-bond donors (Lipinski definition) is 2. The van der Waals surface area contributed by atoms with E-state index in [1.165, 1.54) is 12.8 Å². The Bertz CT molecular complexity index is 867. The van der Waals surface area contributed by atoms with E-state index in [4.69, 9.17) is 0 Å². The molecule has 2 aliphatic heterocycles. The first-order valence-electron chi connectivity index (χ1n) is 10.8. The molecule has 3 amide bonds. The van der Waals surface area contributed by atoms with Gasteiger partial charge in [-0.25, -0.2) is 9.78 Å². The summed E-state index contributed by atoms with van der Waals surface area (Å²) in [5.74, 6) is 0.769. The number of nitrogens with zero attached hydrogens (tertiary/aromatic N) is 3. The van der Waals surface area contributed by atoms with Gasteiger partial charge < -0.3 is 20.4 Å². The van der Waals surface area contributed by atoms with E-state index in [1.54, 1.807) is 11.1 Å². The summed E-state index contributed by atoms with van der Waals surface area (Å²) in [4.78, 5) is 33.8. The summed E-state index contributed by atoms with van der Waals surface area (Å²) in [6, 6.07) is 13.3. The molecule has 7 nitrogen and oxygen atoms in total. The Balaban J connectivity index is 1.29. The van der Waals surface area contributed by atoms with Crippen LogP contribution < -0.4 is 15.5 Å². The van der Waals surface area contributed by atoms with Crippen LogP contribution in [0.5, 0.6) is 0 Å². The summed E-state index contributed by atoms with van der Waals surface area (Å²) in [6.45, 7) is 3.67. The van der Waals surface area contributed by atoms with Gasteiger partial charge in [-0.1, -0.05) is 18.2 Å². The average molecular weight is 408 g/mol. The molecule has 0 unspecified atom stereocenters. The third-order valence-electron chi connectivity index (χ3n) is 5.80. The molecule has 0 spiro atoms. The van der Waals surface area contributed by atoms with E-state index < -0.39 is 0 Å². The van der Waals surface area contributed by atoms with Gasteiger partial charge in [0.05, 0.1) is 5.92 Å². The van der Waals surface area contributed by atoms with Crippen molar-refractivity contribution in [3.63, 3.8) is 0 Å². The van der Waals surface area contributed by atoms with Crippen LogP contribution in [0, 0.1) is 5.92 Å². The van der Waals surface area contributed by atoms with Crippen molar-refractivity contribution in [3.8, 4) is 0 Å². The first kappa shape index (κ1) is 20.2. The molecule has 0 aliphatic carbocycles. The van der Waals surface area contributed by atoms with Crippen molar-refractivity contribution < 1.29 is 9.59 Å². The fraction of sp³-hybridized carbons (Fsp3) is 0.435. The normalized spacial score (nSPS) is 18.9. The Morgan fingerprint density at radius 3 is 2.63 bits per heavy atom. The zero-order valence-corrected chi connectivity index (χ0v) is 17.2. The Labute approximate surface area is 177 Å². The maximum absolute atomic E-state index is 12.7. The number of carbonyl (C=O) groups is 2. The van der Waals surface area contributed by atoms with Gasteiger partial charge in [-0.15, -0.1) is 0 Å². The Kier molecular flexibility index (Phi) is 6.47. The van der Waals surface area contributed by atoms with Gasteiger partial charge in [-0.2, -0.15) is 0 Å². The fourth-order valence-electron chi connectivity index (χ4n) is 4.12. The molecular weight excluding hydrogens is 378 g/mol. The molecule has 0 bridgehead atoms. The number of benzene rings is 1. The standard InChI is InChI=1S/C23H29N5O2/c29-22(26-20-8-2-1-3-9-20)19-7-6-14-28(17-19)23(30)25-16-18-10-11-24-21(15-18)27-12-4-5-13-27/h1-3,8-11,15,19H,4-7,12-14,16-17H2,(H,25,30)(H,26,29)/t19-/m0/s1.